The quantitative estimate of drug-likeness (QED) is 0.687. The molecular weight excluding hydrogens is 262 g/mol. The Labute approximate surface area is 130 Å². The first-order chi connectivity index (χ1) is 9.82. The van der Waals surface area contributed by atoms with E-state index in [9.17, 15) is 4.79 Å². The highest BCUT2D eigenvalue weighted by Gasteiger charge is 2.39. The number of hydrogen-bond donors (Lipinski definition) is 2. The second kappa shape index (κ2) is 7.59. The molecule has 0 aromatic rings. The SMILES string of the molecule is CCCNC(C)(CC(C)N1CCC(CC)(CC)C1)C(N)=O. The molecule has 1 amide bonds. The van der Waals surface area contributed by atoms with Crippen LogP contribution in [-0.2, 0) is 4.79 Å². The van der Waals surface area contributed by atoms with Gasteiger partial charge < -0.3 is 16.0 Å². The van der Waals surface area contributed by atoms with Crippen LogP contribution < -0.4 is 11.1 Å². The van der Waals surface area contributed by atoms with Crippen molar-refractivity contribution in [2.24, 2.45) is 11.1 Å². The number of likely N-dealkylation sites (tertiary alicyclic amines) is 1. The summed E-state index contributed by atoms with van der Waals surface area (Å²) < 4.78 is 0. The maximum absolute atomic E-state index is 11.9. The van der Waals surface area contributed by atoms with Crippen LogP contribution in [-0.4, -0.2) is 42.0 Å². The van der Waals surface area contributed by atoms with Crippen molar-refractivity contribution in [3.05, 3.63) is 0 Å². The van der Waals surface area contributed by atoms with E-state index >= 15 is 0 Å². The highest BCUT2D eigenvalue weighted by molar-refractivity contribution is 5.84. The lowest BCUT2D eigenvalue weighted by Gasteiger charge is -2.35. The lowest BCUT2D eigenvalue weighted by molar-refractivity contribution is -0.124. The van der Waals surface area contributed by atoms with Crippen LogP contribution >= 0.6 is 0 Å². The van der Waals surface area contributed by atoms with Gasteiger partial charge in [-0.15, -0.1) is 0 Å². The minimum absolute atomic E-state index is 0.237. The second-order valence-electron chi connectivity index (χ2n) is 7.10. The summed E-state index contributed by atoms with van der Waals surface area (Å²) in [5.41, 5.74) is 5.53. The number of carbonyl (C=O) groups excluding carboxylic acids is 1. The van der Waals surface area contributed by atoms with Crippen molar-refractivity contribution >= 4 is 5.91 Å². The molecule has 0 saturated carbocycles. The topological polar surface area (TPSA) is 58.4 Å². The first kappa shape index (κ1) is 18.4. The number of amides is 1. The van der Waals surface area contributed by atoms with Crippen LogP contribution in [0.2, 0.25) is 0 Å². The zero-order valence-corrected chi connectivity index (χ0v) is 14.7. The largest absolute Gasteiger partial charge is 0.368 e. The zero-order chi connectivity index (χ0) is 16.1. The van der Waals surface area contributed by atoms with Crippen molar-refractivity contribution in [1.29, 1.82) is 0 Å². The van der Waals surface area contributed by atoms with Crippen LogP contribution in [0.15, 0.2) is 0 Å². The van der Waals surface area contributed by atoms with Crippen LogP contribution in [0.5, 0.6) is 0 Å². The van der Waals surface area contributed by atoms with Gasteiger partial charge in [-0.2, -0.15) is 0 Å². The minimum atomic E-state index is -0.598. The summed E-state index contributed by atoms with van der Waals surface area (Å²) in [5, 5.41) is 3.35. The Kier molecular flexibility index (Phi) is 6.67. The molecule has 1 fully saturated rings. The molecule has 1 aliphatic heterocycles. The Morgan fingerprint density at radius 3 is 2.43 bits per heavy atom. The van der Waals surface area contributed by atoms with Gasteiger partial charge in [0, 0.05) is 12.6 Å². The van der Waals surface area contributed by atoms with E-state index in [0.29, 0.717) is 11.5 Å². The van der Waals surface area contributed by atoms with Gasteiger partial charge >= 0.3 is 0 Å². The summed E-state index contributed by atoms with van der Waals surface area (Å²) in [7, 11) is 0. The van der Waals surface area contributed by atoms with Gasteiger partial charge in [-0.1, -0.05) is 20.8 Å². The Balaban J connectivity index is 2.66. The lowest BCUT2D eigenvalue weighted by Crippen LogP contribution is -2.56. The average Bonchev–Trinajstić information content (AvgIpc) is 2.90. The molecule has 1 heterocycles. The van der Waals surface area contributed by atoms with E-state index in [1.807, 2.05) is 6.92 Å². The van der Waals surface area contributed by atoms with E-state index in [4.69, 9.17) is 5.73 Å². The van der Waals surface area contributed by atoms with Crippen LogP contribution in [0.1, 0.15) is 66.7 Å². The van der Waals surface area contributed by atoms with E-state index in [1.165, 1.54) is 19.3 Å². The molecule has 21 heavy (non-hydrogen) atoms. The maximum Gasteiger partial charge on any atom is 0.237 e. The predicted octanol–water partition coefficient (Wildman–Crippen LogP) is 2.52. The van der Waals surface area contributed by atoms with E-state index in [0.717, 1.165) is 32.5 Å². The van der Waals surface area contributed by atoms with E-state index in [-0.39, 0.29) is 5.91 Å². The first-order valence-corrected chi connectivity index (χ1v) is 8.61. The Morgan fingerprint density at radius 1 is 1.38 bits per heavy atom. The van der Waals surface area contributed by atoms with Gasteiger partial charge in [0.05, 0.1) is 5.54 Å². The monoisotopic (exact) mass is 297 g/mol. The normalized spacial score (nSPS) is 22.9. The number of primary amides is 1. The molecule has 0 aromatic heterocycles. The Bertz CT molecular complexity index is 341. The molecule has 1 rings (SSSR count). The van der Waals surface area contributed by atoms with Gasteiger partial charge in [-0.25, -0.2) is 0 Å². The molecule has 1 aliphatic rings. The maximum atomic E-state index is 11.9. The second-order valence-corrected chi connectivity index (χ2v) is 7.10. The van der Waals surface area contributed by atoms with Crippen molar-refractivity contribution in [3.63, 3.8) is 0 Å². The van der Waals surface area contributed by atoms with Crippen LogP contribution in [0, 0.1) is 5.41 Å². The number of rotatable bonds is 9. The molecule has 3 N–H and O–H groups in total. The predicted molar refractivity (Wildman–Crippen MR) is 89.2 cm³/mol. The number of nitrogens with one attached hydrogen (secondary N) is 1. The van der Waals surface area contributed by atoms with Crippen molar-refractivity contribution < 1.29 is 4.79 Å². The van der Waals surface area contributed by atoms with Crippen molar-refractivity contribution in [2.45, 2.75) is 78.3 Å². The summed E-state index contributed by atoms with van der Waals surface area (Å²) in [6, 6.07) is 0.381. The number of carbonyl (C=O) groups is 1. The summed E-state index contributed by atoms with van der Waals surface area (Å²) in [6.45, 7) is 14.0. The Morgan fingerprint density at radius 2 is 2.00 bits per heavy atom. The molecule has 1 saturated heterocycles. The van der Waals surface area contributed by atoms with Gasteiger partial charge in [-0.05, 0) is 64.5 Å². The van der Waals surface area contributed by atoms with Crippen LogP contribution in [0.3, 0.4) is 0 Å². The fraction of sp³-hybridized carbons (Fsp3) is 0.941. The molecule has 4 nitrogen and oxygen atoms in total. The smallest absolute Gasteiger partial charge is 0.237 e. The summed E-state index contributed by atoms with van der Waals surface area (Å²) in [6.07, 6.45) is 5.56. The highest BCUT2D eigenvalue weighted by atomic mass is 16.1. The third-order valence-corrected chi connectivity index (χ3v) is 5.60. The van der Waals surface area contributed by atoms with Crippen molar-refractivity contribution in [3.8, 4) is 0 Å². The molecule has 0 aliphatic carbocycles. The van der Waals surface area contributed by atoms with Gasteiger partial charge in [0.15, 0.2) is 0 Å². The molecule has 0 radical (unpaired) electrons. The summed E-state index contributed by atoms with van der Waals surface area (Å²) in [5.74, 6) is -0.237. The fourth-order valence-electron chi connectivity index (χ4n) is 3.55. The van der Waals surface area contributed by atoms with Gasteiger partial charge in [0.25, 0.3) is 0 Å². The number of nitrogens with zero attached hydrogens (tertiary/aromatic N) is 1. The van der Waals surface area contributed by atoms with Gasteiger partial charge in [0.1, 0.15) is 0 Å². The van der Waals surface area contributed by atoms with E-state index in [2.05, 4.69) is 37.9 Å². The zero-order valence-electron chi connectivity index (χ0n) is 14.7. The Hall–Kier alpha value is -0.610. The fourth-order valence-corrected chi connectivity index (χ4v) is 3.55. The van der Waals surface area contributed by atoms with Crippen molar-refractivity contribution in [1.82, 2.24) is 10.2 Å². The van der Waals surface area contributed by atoms with Gasteiger partial charge in [-0.3, -0.25) is 4.79 Å². The van der Waals surface area contributed by atoms with Gasteiger partial charge in [0.2, 0.25) is 5.91 Å². The third kappa shape index (κ3) is 4.43. The van der Waals surface area contributed by atoms with E-state index in [1.54, 1.807) is 0 Å². The van der Waals surface area contributed by atoms with Crippen molar-refractivity contribution in [2.75, 3.05) is 19.6 Å². The molecule has 4 heteroatoms. The van der Waals surface area contributed by atoms with Crippen LogP contribution in [0.25, 0.3) is 0 Å². The highest BCUT2D eigenvalue weighted by Crippen LogP contribution is 2.38. The standard InChI is InChI=1S/C17H35N3O/c1-6-10-19-16(5,15(18)21)12-14(4)20-11-9-17(7-2,8-3)13-20/h14,19H,6-13H2,1-5H3,(H2,18,21). The number of hydrogen-bond acceptors (Lipinski definition) is 3. The molecule has 124 valence electrons. The molecule has 0 aromatic carbocycles. The molecule has 2 unspecified atom stereocenters. The third-order valence-electron chi connectivity index (χ3n) is 5.60. The first-order valence-electron chi connectivity index (χ1n) is 8.61. The molecule has 2 atom stereocenters. The molecular formula is C17H35N3O. The summed E-state index contributed by atoms with van der Waals surface area (Å²) in [4.78, 5) is 14.4. The minimum Gasteiger partial charge on any atom is -0.368 e. The van der Waals surface area contributed by atoms with Crippen LogP contribution in [0.4, 0.5) is 0 Å². The lowest BCUT2D eigenvalue weighted by atomic mass is 9.82. The summed E-state index contributed by atoms with van der Waals surface area (Å²) >= 11 is 0. The van der Waals surface area contributed by atoms with E-state index < -0.39 is 5.54 Å². The molecule has 0 bridgehead atoms. The average molecular weight is 297 g/mol. The number of nitrogens with two attached hydrogens (primary N) is 1. The molecule has 0 spiro atoms.